The fraction of sp³-hybridized carbons (Fsp3) is 0.261. The molecule has 0 saturated heterocycles. The second-order valence-electron chi connectivity index (χ2n) is 7.27. The minimum absolute atomic E-state index is 0.0344. The van der Waals surface area contributed by atoms with Crippen LogP contribution in [-0.2, 0) is 0 Å². The smallest absolute Gasteiger partial charge is 0.285 e. The largest absolute Gasteiger partial charge is 0.446 e. The third-order valence-corrected chi connectivity index (χ3v) is 6.04. The fourth-order valence-corrected chi connectivity index (χ4v) is 4.41. The van der Waals surface area contributed by atoms with Crippen LogP contribution in [0.3, 0.4) is 0 Å². The third-order valence-electron chi connectivity index (χ3n) is 5.30. The molecule has 0 aromatic heterocycles. The van der Waals surface area contributed by atoms with Gasteiger partial charge in [-0.25, -0.2) is 8.78 Å². The fourth-order valence-electron chi connectivity index (χ4n) is 3.87. The van der Waals surface area contributed by atoms with Crippen LogP contribution in [0.15, 0.2) is 70.6 Å². The summed E-state index contributed by atoms with van der Waals surface area (Å²) in [4.78, 5) is 4.74. The van der Waals surface area contributed by atoms with Crippen LogP contribution in [0.2, 0.25) is 0 Å². The van der Waals surface area contributed by atoms with Crippen molar-refractivity contribution in [1.82, 2.24) is 0 Å². The number of nitrogens with zero attached hydrogens (tertiary/aromatic N) is 1. The monoisotopic (exact) mass is 435 g/mol. The van der Waals surface area contributed by atoms with Crippen LogP contribution >= 0.6 is 11.8 Å². The lowest BCUT2D eigenvalue weighted by molar-refractivity contribution is -0.0328. The number of hydrogen-bond donors (Lipinski definition) is 0. The Morgan fingerprint density at radius 3 is 2.27 bits per heavy atom. The van der Waals surface area contributed by atoms with E-state index in [1.807, 2.05) is 18.2 Å². The number of alkyl halides is 3. The van der Waals surface area contributed by atoms with Crippen LogP contribution in [0.1, 0.15) is 30.4 Å². The zero-order valence-corrected chi connectivity index (χ0v) is 16.6. The van der Waals surface area contributed by atoms with Gasteiger partial charge in [0.05, 0.1) is 11.6 Å². The lowest BCUT2D eigenvalue weighted by atomic mass is 9.87. The van der Waals surface area contributed by atoms with Crippen LogP contribution in [0.4, 0.5) is 22.0 Å². The maximum absolute atomic E-state index is 14.0. The number of thioether (sulfide) groups is 1. The molecule has 1 aliphatic carbocycles. The van der Waals surface area contributed by atoms with Crippen molar-refractivity contribution in [2.45, 2.75) is 35.7 Å². The number of hydrogen-bond acceptors (Lipinski definition) is 2. The van der Waals surface area contributed by atoms with Crippen molar-refractivity contribution in [3.63, 3.8) is 0 Å². The van der Waals surface area contributed by atoms with Crippen LogP contribution in [-0.4, -0.2) is 17.3 Å². The standard InChI is InChI=1S/C23H18F5NS/c24-18-2-1-3-19(25)22(18)21-13-12-20(29-21)16-6-4-14(5-7-16)15-8-10-17(11-9-15)30-23(26,27)28/h1-6,8-11,16,20H,7,12-13H2/t16?,20-/m1/s1. The Morgan fingerprint density at radius 1 is 0.967 bits per heavy atom. The molecule has 4 rings (SSSR count). The molecule has 0 fully saturated rings. The molecule has 2 aliphatic rings. The summed E-state index contributed by atoms with van der Waals surface area (Å²) in [5.74, 6) is -1.06. The molecule has 2 atom stereocenters. The summed E-state index contributed by atoms with van der Waals surface area (Å²) < 4.78 is 65.4. The van der Waals surface area contributed by atoms with Gasteiger partial charge in [-0.1, -0.05) is 36.4 Å². The molecular weight excluding hydrogens is 417 g/mol. The first kappa shape index (κ1) is 20.8. The number of benzene rings is 2. The van der Waals surface area contributed by atoms with E-state index in [0.29, 0.717) is 18.6 Å². The Bertz CT molecular complexity index is 1000. The van der Waals surface area contributed by atoms with E-state index in [1.54, 1.807) is 12.1 Å². The summed E-state index contributed by atoms with van der Waals surface area (Å²) in [6, 6.07) is 10.1. The molecular formula is C23H18F5NS. The molecule has 156 valence electrons. The van der Waals surface area contributed by atoms with Gasteiger partial charge < -0.3 is 0 Å². The summed E-state index contributed by atoms with van der Waals surface area (Å²) in [5.41, 5.74) is -2.08. The van der Waals surface area contributed by atoms with Crippen molar-refractivity contribution in [2.24, 2.45) is 10.9 Å². The zero-order valence-electron chi connectivity index (χ0n) is 15.8. The number of allylic oxidation sites excluding steroid dienone is 3. The van der Waals surface area contributed by atoms with Gasteiger partial charge in [0.25, 0.3) is 0 Å². The minimum Gasteiger partial charge on any atom is -0.285 e. The number of rotatable bonds is 4. The van der Waals surface area contributed by atoms with Crippen LogP contribution in [0.25, 0.3) is 5.57 Å². The molecule has 0 saturated carbocycles. The van der Waals surface area contributed by atoms with Crippen LogP contribution < -0.4 is 0 Å². The lowest BCUT2D eigenvalue weighted by Crippen LogP contribution is -2.15. The molecule has 2 aromatic rings. The molecule has 0 amide bonds. The van der Waals surface area contributed by atoms with Crippen molar-refractivity contribution < 1.29 is 22.0 Å². The molecule has 1 nitrogen and oxygen atoms in total. The molecule has 7 heteroatoms. The average Bonchev–Trinajstić information content (AvgIpc) is 3.17. The predicted octanol–water partition coefficient (Wildman–Crippen LogP) is 7.19. The lowest BCUT2D eigenvalue weighted by Gasteiger charge is -2.20. The summed E-state index contributed by atoms with van der Waals surface area (Å²) in [7, 11) is 0. The Balaban J connectivity index is 1.43. The first-order valence-electron chi connectivity index (χ1n) is 9.56. The quantitative estimate of drug-likeness (QED) is 0.366. The molecule has 0 bridgehead atoms. The van der Waals surface area contributed by atoms with E-state index in [0.717, 1.165) is 17.6 Å². The highest BCUT2D eigenvalue weighted by molar-refractivity contribution is 8.00. The van der Waals surface area contributed by atoms with Crippen molar-refractivity contribution in [1.29, 1.82) is 0 Å². The highest BCUT2D eigenvalue weighted by atomic mass is 32.2. The highest BCUT2D eigenvalue weighted by Gasteiger charge is 2.30. The molecule has 2 aromatic carbocycles. The Morgan fingerprint density at radius 2 is 1.67 bits per heavy atom. The predicted molar refractivity (Wildman–Crippen MR) is 109 cm³/mol. The van der Waals surface area contributed by atoms with E-state index >= 15 is 0 Å². The molecule has 1 aliphatic heterocycles. The molecule has 30 heavy (non-hydrogen) atoms. The van der Waals surface area contributed by atoms with Crippen LogP contribution in [0.5, 0.6) is 0 Å². The maximum Gasteiger partial charge on any atom is 0.446 e. The van der Waals surface area contributed by atoms with E-state index in [-0.39, 0.29) is 34.2 Å². The van der Waals surface area contributed by atoms with Crippen LogP contribution in [0, 0.1) is 17.6 Å². The van der Waals surface area contributed by atoms with Crippen molar-refractivity contribution >= 4 is 23.0 Å². The number of aliphatic imine (C=N–C) groups is 1. The van der Waals surface area contributed by atoms with Gasteiger partial charge in [0.15, 0.2) is 0 Å². The highest BCUT2D eigenvalue weighted by Crippen LogP contribution is 2.38. The van der Waals surface area contributed by atoms with Gasteiger partial charge in [0.1, 0.15) is 11.6 Å². The van der Waals surface area contributed by atoms with Gasteiger partial charge in [-0.15, -0.1) is 0 Å². The summed E-state index contributed by atoms with van der Waals surface area (Å²) >= 11 is -0.132. The summed E-state index contributed by atoms with van der Waals surface area (Å²) in [6.45, 7) is 0. The van der Waals surface area contributed by atoms with Crippen molar-refractivity contribution in [3.8, 4) is 0 Å². The van der Waals surface area contributed by atoms with Gasteiger partial charge in [0.2, 0.25) is 0 Å². The molecule has 1 unspecified atom stereocenters. The van der Waals surface area contributed by atoms with E-state index in [1.165, 1.54) is 30.3 Å². The second kappa shape index (κ2) is 8.38. The SMILES string of the molecule is Fc1cccc(F)c1C1=N[C@@H](C2C=CC(c3ccc(SC(F)(F)F)cc3)=CC2)CC1. The van der Waals surface area contributed by atoms with E-state index in [2.05, 4.69) is 4.99 Å². The second-order valence-corrected chi connectivity index (χ2v) is 8.41. The van der Waals surface area contributed by atoms with Gasteiger partial charge in [-0.05, 0) is 66.4 Å². The normalized spacial score (nSPS) is 21.5. The van der Waals surface area contributed by atoms with E-state index in [4.69, 9.17) is 0 Å². The minimum atomic E-state index is -4.30. The third kappa shape index (κ3) is 4.67. The van der Waals surface area contributed by atoms with E-state index < -0.39 is 17.1 Å². The van der Waals surface area contributed by atoms with E-state index in [9.17, 15) is 22.0 Å². The Kier molecular flexibility index (Phi) is 5.82. The van der Waals surface area contributed by atoms with Gasteiger partial charge >= 0.3 is 5.51 Å². The Hall–Kier alpha value is -2.41. The topological polar surface area (TPSA) is 12.4 Å². The van der Waals surface area contributed by atoms with Gasteiger partial charge in [-0.3, -0.25) is 4.99 Å². The number of halogens is 5. The maximum atomic E-state index is 14.0. The van der Waals surface area contributed by atoms with Crippen molar-refractivity contribution in [2.75, 3.05) is 0 Å². The first-order chi connectivity index (χ1) is 14.3. The zero-order chi connectivity index (χ0) is 21.3. The average molecular weight is 435 g/mol. The summed E-state index contributed by atoms with van der Waals surface area (Å²) in [6.07, 6.45) is 7.98. The summed E-state index contributed by atoms with van der Waals surface area (Å²) in [5, 5.41) is 0. The molecule has 1 heterocycles. The van der Waals surface area contributed by atoms with Gasteiger partial charge in [0, 0.05) is 16.5 Å². The first-order valence-corrected chi connectivity index (χ1v) is 10.4. The van der Waals surface area contributed by atoms with Crippen molar-refractivity contribution in [3.05, 3.63) is 83.5 Å². The van der Waals surface area contributed by atoms with Gasteiger partial charge in [-0.2, -0.15) is 13.2 Å². The molecule has 0 N–H and O–H groups in total. The molecule has 0 radical (unpaired) electrons. The Labute approximate surface area is 175 Å². The molecule has 0 spiro atoms.